The van der Waals surface area contributed by atoms with Gasteiger partial charge in [-0.2, -0.15) is 0 Å². The number of ether oxygens (including phenoxy) is 1. The van der Waals surface area contributed by atoms with E-state index in [9.17, 15) is 19.5 Å². The van der Waals surface area contributed by atoms with Crippen molar-refractivity contribution < 1.29 is 29.1 Å². The number of carboxylic acids is 1. The molecule has 3 aromatic carbocycles. The van der Waals surface area contributed by atoms with Gasteiger partial charge in [0.05, 0.1) is 4.58 Å². The lowest BCUT2D eigenvalue weighted by Gasteiger charge is -2.49. The number of aliphatic carboxylic acids is 1. The van der Waals surface area contributed by atoms with Gasteiger partial charge in [0.1, 0.15) is 28.3 Å². The summed E-state index contributed by atoms with van der Waals surface area (Å²) >= 11 is 6.12. The van der Waals surface area contributed by atoms with E-state index in [-0.39, 0.29) is 21.7 Å². The fourth-order valence-corrected chi connectivity index (χ4v) is 11.7. The molecule has 4 aromatic rings. The van der Waals surface area contributed by atoms with Crippen LogP contribution < -0.4 is 10.6 Å². The molecule has 0 saturated carbocycles. The number of carboxylic acid groups (broad SMARTS) is 1. The summed E-state index contributed by atoms with van der Waals surface area (Å²) in [6, 6.07) is 29.2. The van der Waals surface area contributed by atoms with Crippen LogP contribution in [0.1, 0.15) is 36.2 Å². The van der Waals surface area contributed by atoms with Crippen molar-refractivity contribution in [3.8, 4) is 0 Å². The molecule has 11 nitrogen and oxygen atoms in total. The van der Waals surface area contributed by atoms with Crippen molar-refractivity contribution in [1.82, 2.24) is 15.2 Å². The van der Waals surface area contributed by atoms with Crippen molar-refractivity contribution in [1.29, 1.82) is 0 Å². The number of rotatable bonds is 13. The van der Waals surface area contributed by atoms with Crippen LogP contribution in [0, 0.1) is 0 Å². The summed E-state index contributed by atoms with van der Waals surface area (Å²) in [4.78, 5) is 51.9. The highest BCUT2D eigenvalue weighted by Gasteiger charge is 2.55. The Hall–Kier alpha value is -4.28. The predicted octanol–water partition coefficient (Wildman–Crippen LogP) is 6.20. The Morgan fingerprint density at radius 2 is 1.47 bits per heavy atom. The second kappa shape index (κ2) is 15.6. The summed E-state index contributed by atoms with van der Waals surface area (Å²) in [5, 5.41) is 22.5. The number of aromatic nitrogens is 1. The number of thiazole rings is 1. The number of carbonyl (C=O) groups excluding carboxylic acids is 2. The van der Waals surface area contributed by atoms with Crippen LogP contribution in [0.2, 0.25) is 0 Å². The molecule has 2 saturated heterocycles. The molecule has 3 aliphatic rings. The van der Waals surface area contributed by atoms with E-state index in [0.717, 1.165) is 33.8 Å². The number of anilines is 1. The summed E-state index contributed by atoms with van der Waals surface area (Å²) in [6.45, 7) is 3.30. The first kappa shape index (κ1) is 37.1. The quantitative estimate of drug-likeness (QED) is 0.0469. The van der Waals surface area contributed by atoms with Gasteiger partial charge in [0.15, 0.2) is 10.8 Å². The summed E-state index contributed by atoms with van der Waals surface area (Å²) in [5.74, 6) is -1.20. The lowest BCUT2D eigenvalue weighted by Crippen LogP contribution is -2.71. The Morgan fingerprint density at radius 1 is 0.906 bits per heavy atom. The Balaban J connectivity index is 1.21. The molecular weight excluding hydrogens is 751 g/mol. The average Bonchev–Trinajstić information content (AvgIpc) is 3.90. The Morgan fingerprint density at radius 3 is 2.00 bits per heavy atom. The van der Waals surface area contributed by atoms with E-state index in [0.29, 0.717) is 10.9 Å². The largest absolute Gasteiger partial charge is 0.477 e. The van der Waals surface area contributed by atoms with Gasteiger partial charge in [0.2, 0.25) is 5.79 Å². The van der Waals surface area contributed by atoms with Crippen LogP contribution in [-0.2, 0) is 29.5 Å². The molecule has 0 radical (unpaired) electrons. The minimum atomic E-state index is -1.18. The van der Waals surface area contributed by atoms with E-state index in [1.165, 1.54) is 35.1 Å². The van der Waals surface area contributed by atoms with Gasteiger partial charge in [-0.15, -0.1) is 46.6 Å². The molecule has 3 aliphatic heterocycles. The van der Waals surface area contributed by atoms with E-state index in [1.54, 1.807) is 42.8 Å². The van der Waals surface area contributed by atoms with Gasteiger partial charge in [0, 0.05) is 43.6 Å². The summed E-state index contributed by atoms with van der Waals surface area (Å²) in [5.41, 5.74) is 2.88. The first-order chi connectivity index (χ1) is 25.6. The van der Waals surface area contributed by atoms with E-state index < -0.39 is 40.5 Å². The number of carbonyl (C=O) groups is 3. The first-order valence-electron chi connectivity index (χ1n) is 16.8. The molecule has 2 fully saturated rings. The number of methoxy groups -OCH3 is 1. The number of β-lactam (4-membered cyclic amide) rings is 1. The van der Waals surface area contributed by atoms with E-state index in [2.05, 4.69) is 52.2 Å². The number of nitrogens with one attached hydrogen (secondary N) is 2. The second-order valence-corrected chi connectivity index (χ2v) is 17.4. The van der Waals surface area contributed by atoms with Crippen LogP contribution in [0.25, 0.3) is 0 Å². The SMILES string of the molecule is COC(C)(C)O/N=C(\C(=O)NC1C(=O)N2C(C(=O)O)=C(C3SCCS3)CS[C@@H]12)c1csc(NC(c2ccccc2)(c2ccccc2)c2ccccc2)n1. The van der Waals surface area contributed by atoms with Crippen molar-refractivity contribution >= 4 is 75.2 Å². The monoisotopic (exact) mass is 787 g/mol. The van der Waals surface area contributed by atoms with Gasteiger partial charge in [-0.3, -0.25) is 14.5 Å². The number of nitrogens with zero attached hydrogens (tertiary/aromatic N) is 3. The third-order valence-electron chi connectivity index (χ3n) is 9.12. The summed E-state index contributed by atoms with van der Waals surface area (Å²) in [7, 11) is 1.46. The van der Waals surface area contributed by atoms with Crippen molar-refractivity contribution in [2.45, 2.75) is 41.2 Å². The average molecular weight is 788 g/mol. The predicted molar refractivity (Wildman–Crippen MR) is 212 cm³/mol. The highest BCUT2D eigenvalue weighted by molar-refractivity contribution is 8.20. The van der Waals surface area contributed by atoms with Crippen molar-refractivity contribution in [2.75, 3.05) is 29.7 Å². The molecule has 1 aromatic heterocycles. The maximum Gasteiger partial charge on any atom is 0.352 e. The number of thioether (sulfide) groups is 3. The third-order valence-corrected chi connectivity index (χ3v) is 14.3. The Bertz CT molecular complexity index is 1940. The van der Waals surface area contributed by atoms with Gasteiger partial charge in [-0.25, -0.2) is 9.78 Å². The zero-order valence-corrected chi connectivity index (χ0v) is 32.3. The van der Waals surface area contributed by atoms with E-state index >= 15 is 0 Å². The smallest absolute Gasteiger partial charge is 0.352 e. The molecule has 53 heavy (non-hydrogen) atoms. The molecule has 1 unspecified atom stereocenters. The van der Waals surface area contributed by atoms with Gasteiger partial charge >= 0.3 is 5.97 Å². The highest BCUT2D eigenvalue weighted by Crippen LogP contribution is 2.47. The zero-order chi connectivity index (χ0) is 37.2. The van der Waals surface area contributed by atoms with Crippen LogP contribution in [0.15, 0.2) is 113 Å². The number of hydrogen-bond acceptors (Lipinski definition) is 12. The van der Waals surface area contributed by atoms with Crippen LogP contribution in [0.4, 0.5) is 5.13 Å². The van der Waals surface area contributed by atoms with E-state index in [4.69, 9.17) is 14.6 Å². The first-order valence-corrected chi connectivity index (χ1v) is 20.8. The highest BCUT2D eigenvalue weighted by atomic mass is 32.2. The zero-order valence-electron chi connectivity index (χ0n) is 29.1. The fourth-order valence-electron chi connectivity index (χ4n) is 6.37. The minimum absolute atomic E-state index is 0.00658. The molecule has 3 N–H and O–H groups in total. The second-order valence-electron chi connectivity index (χ2n) is 12.8. The molecule has 2 atom stereocenters. The fraction of sp³-hybridized carbons (Fsp3) is 0.289. The van der Waals surface area contributed by atoms with Gasteiger partial charge in [0.25, 0.3) is 11.8 Å². The van der Waals surface area contributed by atoms with Crippen molar-refractivity contribution in [3.63, 3.8) is 0 Å². The van der Waals surface area contributed by atoms with Crippen LogP contribution >= 0.6 is 46.6 Å². The number of oxime groups is 1. The number of benzene rings is 3. The summed E-state index contributed by atoms with van der Waals surface area (Å²) in [6.07, 6.45) is 0. The van der Waals surface area contributed by atoms with Gasteiger partial charge < -0.3 is 25.3 Å². The molecule has 0 spiro atoms. The molecular formula is C38H37N5O6S4. The molecule has 0 bridgehead atoms. The van der Waals surface area contributed by atoms with Crippen molar-refractivity contribution in [2.24, 2.45) is 5.16 Å². The molecule has 15 heteroatoms. The Kier molecular flexibility index (Phi) is 10.9. The van der Waals surface area contributed by atoms with Crippen LogP contribution in [-0.4, -0.2) is 84.6 Å². The summed E-state index contributed by atoms with van der Waals surface area (Å²) < 4.78 is 5.38. The molecule has 0 aliphatic carbocycles. The van der Waals surface area contributed by atoms with Crippen LogP contribution in [0.3, 0.4) is 0 Å². The van der Waals surface area contributed by atoms with E-state index in [1.807, 2.05) is 54.6 Å². The maximum absolute atomic E-state index is 14.1. The van der Waals surface area contributed by atoms with Crippen LogP contribution in [0.5, 0.6) is 0 Å². The third kappa shape index (κ3) is 7.32. The lowest BCUT2D eigenvalue weighted by molar-refractivity contribution is -0.197. The normalized spacial score (nSPS) is 19.4. The number of hydrogen-bond donors (Lipinski definition) is 3. The molecule has 2 amide bonds. The maximum atomic E-state index is 14.1. The lowest BCUT2D eigenvalue weighted by atomic mass is 9.77. The molecule has 274 valence electrons. The molecule has 4 heterocycles. The Labute approximate surface area is 324 Å². The number of fused-ring (bicyclic) bond motifs is 1. The molecule has 7 rings (SSSR count). The minimum Gasteiger partial charge on any atom is -0.477 e. The standard InChI is InChI=1S/C38H37N5O6S4/c1-37(2,48-3)49-42-28(31(44)40-29-32(45)43-30(34(46)47)26(21-52-33(29)43)35-50-19-20-51-35)27-22-53-36(39-27)41-38(23-13-7-4-8-14-23,24-15-9-5-10-16-24)25-17-11-6-12-18-25/h4-18,22,29,33,35H,19-21H2,1-3H3,(H,39,41)(H,40,44)(H,46,47)/b42-28-/t29?,33-/m0/s1. The van der Waals surface area contributed by atoms with Gasteiger partial charge in [-0.1, -0.05) is 96.2 Å². The topological polar surface area (TPSA) is 142 Å². The van der Waals surface area contributed by atoms with Crippen molar-refractivity contribution in [3.05, 3.63) is 130 Å². The van der Waals surface area contributed by atoms with Gasteiger partial charge in [-0.05, 0) is 22.3 Å². The number of amides is 2.